The molecular weight excluding hydrogens is 492 g/mol. The van der Waals surface area contributed by atoms with Gasteiger partial charge in [-0.25, -0.2) is 4.79 Å². The fourth-order valence-corrected chi connectivity index (χ4v) is 4.90. The zero-order valence-corrected chi connectivity index (χ0v) is 20.1. The van der Waals surface area contributed by atoms with Gasteiger partial charge in [-0.1, -0.05) is 6.07 Å². The minimum absolute atomic E-state index is 0.149. The van der Waals surface area contributed by atoms with Gasteiger partial charge in [-0.2, -0.15) is 0 Å². The number of fused-ring (bicyclic) bond motifs is 2. The number of nitrogens with zero attached hydrogens (tertiary/aromatic N) is 3. The van der Waals surface area contributed by atoms with Crippen LogP contribution < -0.4 is 20.7 Å². The molecule has 1 saturated heterocycles. The summed E-state index contributed by atoms with van der Waals surface area (Å²) in [5, 5.41) is 7.66. The van der Waals surface area contributed by atoms with Crippen molar-refractivity contribution in [3.8, 4) is 5.75 Å². The summed E-state index contributed by atoms with van der Waals surface area (Å²) >= 11 is 0. The standard InChI is InChI=1S/C26H22N6O6/c1-37-16-5-4-15-12-32(23(34)17(15)9-16)13-26(24(35)30-25(36)31-26)20-10-18-19(38-20)6-7-21(28-18)29-22(33)14-3-2-8-27-11-14/h2-11,18-19H,12-13H2,1H3,(H,28,29,33)(H2,30,31,35,36). The number of aliphatic imine (C=N–C) groups is 1. The number of aromatic nitrogens is 1. The molecule has 0 bridgehead atoms. The second-order valence-corrected chi connectivity index (χ2v) is 9.17. The first-order chi connectivity index (χ1) is 18.4. The fourth-order valence-electron chi connectivity index (χ4n) is 4.90. The second-order valence-electron chi connectivity index (χ2n) is 9.17. The van der Waals surface area contributed by atoms with Gasteiger partial charge in [0.2, 0.25) is 0 Å². The molecule has 38 heavy (non-hydrogen) atoms. The summed E-state index contributed by atoms with van der Waals surface area (Å²) < 4.78 is 11.3. The summed E-state index contributed by atoms with van der Waals surface area (Å²) in [6.45, 7) is 0.107. The van der Waals surface area contributed by atoms with E-state index in [0.717, 1.165) is 5.56 Å². The van der Waals surface area contributed by atoms with Gasteiger partial charge in [0.25, 0.3) is 17.7 Å². The molecule has 3 N–H and O–H groups in total. The van der Waals surface area contributed by atoms with Crippen molar-refractivity contribution in [1.82, 2.24) is 25.8 Å². The lowest BCUT2D eigenvalue weighted by molar-refractivity contribution is -0.124. The second kappa shape index (κ2) is 8.83. The molecule has 12 heteroatoms. The Labute approximate surface area is 216 Å². The number of nitrogens with one attached hydrogen (secondary N) is 3. The van der Waals surface area contributed by atoms with Crippen LogP contribution in [0, 0.1) is 0 Å². The lowest BCUT2D eigenvalue weighted by Gasteiger charge is -2.31. The van der Waals surface area contributed by atoms with Crippen LogP contribution in [0.15, 0.2) is 71.7 Å². The molecule has 1 aromatic heterocycles. The molecule has 4 aliphatic rings. The Hall–Kier alpha value is -5.00. The summed E-state index contributed by atoms with van der Waals surface area (Å²) in [6, 6.07) is 7.25. The van der Waals surface area contributed by atoms with E-state index in [-0.39, 0.29) is 30.7 Å². The molecular formula is C26H22N6O6. The van der Waals surface area contributed by atoms with Gasteiger partial charge in [0.05, 0.1) is 19.2 Å². The number of ether oxygens (including phenoxy) is 2. The molecule has 6 rings (SSSR count). The lowest BCUT2D eigenvalue weighted by atomic mass is 9.95. The largest absolute Gasteiger partial charge is 0.497 e. The van der Waals surface area contributed by atoms with E-state index < -0.39 is 29.6 Å². The van der Waals surface area contributed by atoms with Gasteiger partial charge >= 0.3 is 6.03 Å². The molecule has 12 nitrogen and oxygen atoms in total. The van der Waals surface area contributed by atoms with Crippen LogP contribution in [0.4, 0.5) is 4.79 Å². The highest BCUT2D eigenvalue weighted by Gasteiger charge is 2.55. The van der Waals surface area contributed by atoms with Crippen molar-refractivity contribution >= 4 is 29.6 Å². The fraction of sp³-hybridized carbons (Fsp3) is 0.231. The monoisotopic (exact) mass is 514 g/mol. The van der Waals surface area contributed by atoms with Crippen LogP contribution in [0.2, 0.25) is 0 Å². The van der Waals surface area contributed by atoms with E-state index in [1.807, 2.05) is 0 Å². The number of carbonyl (C=O) groups excluding carboxylic acids is 4. The number of hydrogen-bond donors (Lipinski definition) is 3. The molecule has 5 heterocycles. The number of hydrogen-bond acceptors (Lipinski definition) is 8. The van der Waals surface area contributed by atoms with Crippen LogP contribution in [0.1, 0.15) is 26.3 Å². The number of imide groups is 1. The Bertz CT molecular complexity index is 1470. The molecule has 1 aromatic carbocycles. The summed E-state index contributed by atoms with van der Waals surface area (Å²) in [5.74, 6) is -0.263. The molecule has 0 spiro atoms. The maximum atomic E-state index is 13.2. The number of urea groups is 1. The lowest BCUT2D eigenvalue weighted by Crippen LogP contribution is -2.57. The Morgan fingerprint density at radius 3 is 2.89 bits per heavy atom. The SMILES string of the molecule is COc1ccc2c(c1)C(=O)N(CC1(C3=CC4N=C(NC(=O)c5cccnc5)C=CC4O3)NC(=O)NC1=O)C2. The molecule has 0 radical (unpaired) electrons. The molecule has 2 aromatic rings. The van der Waals surface area contributed by atoms with Crippen LogP contribution in [0.5, 0.6) is 5.75 Å². The highest BCUT2D eigenvalue weighted by atomic mass is 16.5. The highest BCUT2D eigenvalue weighted by molar-refractivity contribution is 6.11. The third-order valence-corrected chi connectivity index (χ3v) is 6.81. The Morgan fingerprint density at radius 2 is 2.16 bits per heavy atom. The van der Waals surface area contributed by atoms with Crippen molar-refractivity contribution in [2.75, 3.05) is 13.7 Å². The number of benzene rings is 1. The van der Waals surface area contributed by atoms with Crippen molar-refractivity contribution in [2.24, 2.45) is 4.99 Å². The van der Waals surface area contributed by atoms with Gasteiger partial charge in [0.1, 0.15) is 29.5 Å². The van der Waals surface area contributed by atoms with Crippen molar-refractivity contribution in [3.63, 3.8) is 0 Å². The van der Waals surface area contributed by atoms with Gasteiger partial charge in [0.15, 0.2) is 5.54 Å². The van der Waals surface area contributed by atoms with E-state index in [1.54, 1.807) is 54.8 Å². The number of rotatable bonds is 5. The Kier molecular flexibility index (Phi) is 5.44. The van der Waals surface area contributed by atoms with Crippen molar-refractivity contribution in [2.45, 2.75) is 24.2 Å². The first-order valence-corrected chi connectivity index (χ1v) is 11.8. The van der Waals surface area contributed by atoms with Crippen LogP contribution >= 0.6 is 0 Å². The quantitative estimate of drug-likeness (QED) is 0.496. The number of amides is 5. The van der Waals surface area contributed by atoms with Gasteiger partial charge in [-0.05, 0) is 48.1 Å². The highest BCUT2D eigenvalue weighted by Crippen LogP contribution is 2.36. The van der Waals surface area contributed by atoms with E-state index in [1.165, 1.54) is 18.2 Å². The maximum Gasteiger partial charge on any atom is 0.322 e. The average molecular weight is 514 g/mol. The first kappa shape index (κ1) is 23.4. The first-order valence-electron chi connectivity index (χ1n) is 11.8. The predicted octanol–water partition coefficient (Wildman–Crippen LogP) is 0.674. The molecule has 0 saturated carbocycles. The Balaban J connectivity index is 1.25. The number of pyridine rings is 1. The summed E-state index contributed by atoms with van der Waals surface area (Å²) in [4.78, 5) is 61.1. The molecule has 1 fully saturated rings. The van der Waals surface area contributed by atoms with Gasteiger partial charge in [-0.3, -0.25) is 29.7 Å². The van der Waals surface area contributed by atoms with Crippen LogP contribution in [-0.2, 0) is 16.1 Å². The normalized spacial score (nSPS) is 25.1. The summed E-state index contributed by atoms with van der Waals surface area (Å²) in [7, 11) is 1.52. The zero-order valence-electron chi connectivity index (χ0n) is 20.1. The molecule has 5 amide bonds. The van der Waals surface area contributed by atoms with Gasteiger partial charge in [0, 0.05) is 24.5 Å². The predicted molar refractivity (Wildman–Crippen MR) is 132 cm³/mol. The molecule has 4 aliphatic heterocycles. The molecule has 0 aliphatic carbocycles. The summed E-state index contributed by atoms with van der Waals surface area (Å²) in [6.07, 6.45) is 7.42. The Morgan fingerprint density at radius 1 is 1.29 bits per heavy atom. The number of carbonyl (C=O) groups is 4. The van der Waals surface area contributed by atoms with Crippen molar-refractivity contribution in [3.05, 3.63) is 83.4 Å². The average Bonchev–Trinajstić information content (AvgIpc) is 3.57. The zero-order chi connectivity index (χ0) is 26.4. The smallest absolute Gasteiger partial charge is 0.322 e. The molecule has 192 valence electrons. The van der Waals surface area contributed by atoms with Crippen molar-refractivity contribution in [1.29, 1.82) is 0 Å². The minimum atomic E-state index is -1.64. The topological polar surface area (TPSA) is 151 Å². The van der Waals surface area contributed by atoms with Crippen LogP contribution in [0.25, 0.3) is 0 Å². The van der Waals surface area contributed by atoms with E-state index in [4.69, 9.17) is 9.47 Å². The molecule has 3 unspecified atom stereocenters. The maximum absolute atomic E-state index is 13.2. The van der Waals surface area contributed by atoms with E-state index in [9.17, 15) is 19.2 Å². The van der Waals surface area contributed by atoms with E-state index in [2.05, 4.69) is 25.9 Å². The van der Waals surface area contributed by atoms with Crippen LogP contribution in [0.3, 0.4) is 0 Å². The van der Waals surface area contributed by atoms with Crippen molar-refractivity contribution < 1.29 is 28.7 Å². The van der Waals surface area contributed by atoms with E-state index in [0.29, 0.717) is 22.7 Å². The number of amidine groups is 1. The van der Waals surface area contributed by atoms with E-state index >= 15 is 0 Å². The van der Waals surface area contributed by atoms with Gasteiger partial charge < -0.3 is 25.0 Å². The minimum Gasteiger partial charge on any atom is -0.497 e. The number of dihydropyridines is 1. The molecule has 3 atom stereocenters. The number of methoxy groups -OCH3 is 1. The van der Waals surface area contributed by atoms with Crippen LogP contribution in [-0.4, -0.2) is 70.8 Å². The third-order valence-electron chi connectivity index (χ3n) is 6.81. The summed E-state index contributed by atoms with van der Waals surface area (Å²) in [5.41, 5.74) is -0.00521. The third kappa shape index (κ3) is 3.86. The van der Waals surface area contributed by atoms with Gasteiger partial charge in [-0.15, -0.1) is 0 Å².